The highest BCUT2D eigenvalue weighted by molar-refractivity contribution is 7.22. The Balaban J connectivity index is 1.38. The molecule has 3 aromatic rings. The molecule has 2 heterocycles. The van der Waals surface area contributed by atoms with Crippen molar-refractivity contribution >= 4 is 38.3 Å². The summed E-state index contributed by atoms with van der Waals surface area (Å²) in [7, 11) is 0. The number of nitrogens with one attached hydrogen (secondary N) is 1. The number of nitriles is 1. The van der Waals surface area contributed by atoms with E-state index in [1.807, 2.05) is 42.2 Å². The summed E-state index contributed by atoms with van der Waals surface area (Å²) in [5.74, 6) is -0.600. The van der Waals surface area contributed by atoms with Crippen LogP contribution in [-0.4, -0.2) is 48.0 Å². The predicted octanol–water partition coefficient (Wildman–Crippen LogP) is 3.46. The van der Waals surface area contributed by atoms with Crippen LogP contribution in [0.1, 0.15) is 12.5 Å². The Labute approximate surface area is 172 Å². The lowest BCUT2D eigenvalue weighted by molar-refractivity contribution is -0.120. The van der Waals surface area contributed by atoms with Crippen LogP contribution in [0.5, 0.6) is 0 Å². The van der Waals surface area contributed by atoms with E-state index in [1.165, 1.54) is 17.4 Å². The van der Waals surface area contributed by atoms with Crippen LogP contribution in [0.3, 0.4) is 0 Å². The number of halogens is 1. The molecule has 0 radical (unpaired) electrons. The van der Waals surface area contributed by atoms with E-state index in [0.717, 1.165) is 10.2 Å². The average Bonchev–Trinajstić information content (AvgIpc) is 3.15. The fourth-order valence-electron chi connectivity index (χ4n) is 3.54. The lowest BCUT2D eigenvalue weighted by Gasteiger charge is -2.38. The van der Waals surface area contributed by atoms with Crippen molar-refractivity contribution in [2.45, 2.75) is 13.0 Å². The Morgan fingerprint density at radius 3 is 2.69 bits per heavy atom. The first kappa shape index (κ1) is 19.3. The van der Waals surface area contributed by atoms with Gasteiger partial charge in [0.15, 0.2) is 5.13 Å². The van der Waals surface area contributed by atoms with Gasteiger partial charge in [0, 0.05) is 26.2 Å². The molecule has 0 spiro atoms. The maximum absolute atomic E-state index is 13.9. The summed E-state index contributed by atoms with van der Waals surface area (Å²) in [6.07, 6.45) is 0. The zero-order valence-electron chi connectivity index (χ0n) is 15.9. The molecule has 2 aromatic carbocycles. The van der Waals surface area contributed by atoms with Gasteiger partial charge in [0.25, 0.3) is 0 Å². The van der Waals surface area contributed by atoms with Gasteiger partial charge in [0.2, 0.25) is 5.91 Å². The maximum atomic E-state index is 13.9. The van der Waals surface area contributed by atoms with Crippen molar-refractivity contribution in [2.75, 3.05) is 36.4 Å². The normalized spacial score (nSPS) is 15.8. The molecule has 1 atom stereocenters. The van der Waals surface area contributed by atoms with Gasteiger partial charge >= 0.3 is 0 Å². The van der Waals surface area contributed by atoms with Crippen LogP contribution >= 0.6 is 11.3 Å². The van der Waals surface area contributed by atoms with Gasteiger partial charge in [-0.15, -0.1) is 0 Å². The van der Waals surface area contributed by atoms with Gasteiger partial charge < -0.3 is 10.2 Å². The van der Waals surface area contributed by atoms with E-state index in [2.05, 4.69) is 15.2 Å². The topological polar surface area (TPSA) is 72.3 Å². The Kier molecular flexibility index (Phi) is 5.43. The molecule has 1 aliphatic heterocycles. The molecule has 0 bridgehead atoms. The second kappa shape index (κ2) is 8.15. The van der Waals surface area contributed by atoms with Crippen molar-refractivity contribution in [3.05, 3.63) is 53.8 Å². The molecular formula is C21H20FN5OS. The molecule has 1 aliphatic rings. The molecule has 0 aliphatic carbocycles. The molecule has 1 amide bonds. The van der Waals surface area contributed by atoms with Crippen molar-refractivity contribution < 1.29 is 9.18 Å². The van der Waals surface area contributed by atoms with Crippen molar-refractivity contribution in [2.24, 2.45) is 0 Å². The molecule has 4 rings (SSSR count). The van der Waals surface area contributed by atoms with Gasteiger partial charge in [-0.05, 0) is 31.2 Å². The zero-order chi connectivity index (χ0) is 20.4. The van der Waals surface area contributed by atoms with Crippen LogP contribution < -0.4 is 10.2 Å². The molecule has 1 saturated heterocycles. The fraction of sp³-hybridized carbons (Fsp3) is 0.286. The molecular weight excluding hydrogens is 389 g/mol. The van der Waals surface area contributed by atoms with E-state index >= 15 is 0 Å². The largest absolute Gasteiger partial charge is 0.368 e. The third kappa shape index (κ3) is 3.92. The van der Waals surface area contributed by atoms with E-state index in [9.17, 15) is 14.4 Å². The Morgan fingerprint density at radius 1 is 1.21 bits per heavy atom. The number of para-hydroxylation sites is 1. The van der Waals surface area contributed by atoms with Crippen molar-refractivity contribution in [1.29, 1.82) is 5.26 Å². The summed E-state index contributed by atoms with van der Waals surface area (Å²) in [5.41, 5.74) is 1.55. The monoisotopic (exact) mass is 409 g/mol. The van der Waals surface area contributed by atoms with E-state index in [4.69, 9.17) is 0 Å². The Morgan fingerprint density at radius 2 is 1.97 bits per heavy atom. The number of carbonyl (C=O) groups excluding carboxylic acids is 1. The number of nitrogens with zero attached hydrogens (tertiary/aromatic N) is 4. The van der Waals surface area contributed by atoms with E-state index in [-0.39, 0.29) is 17.5 Å². The molecule has 148 valence electrons. The fourth-order valence-corrected chi connectivity index (χ4v) is 4.41. The number of carbonyl (C=O) groups is 1. The number of rotatable bonds is 4. The molecule has 1 fully saturated rings. The Bertz CT molecular complexity index is 1050. The van der Waals surface area contributed by atoms with Crippen LogP contribution in [0.25, 0.3) is 10.2 Å². The minimum absolute atomic E-state index is 0.0718. The lowest BCUT2D eigenvalue weighted by atomic mass is 10.1. The van der Waals surface area contributed by atoms with Gasteiger partial charge in [-0.3, -0.25) is 9.69 Å². The van der Waals surface area contributed by atoms with E-state index < -0.39 is 5.82 Å². The first-order valence-electron chi connectivity index (χ1n) is 9.41. The van der Waals surface area contributed by atoms with E-state index in [0.29, 0.717) is 37.0 Å². The standard InChI is InChI=1S/C21H20FN5OS/c1-14(20(28)25-21-24-17-6-2-3-8-19(17)29-21)26-9-11-27(12-10-26)18-7-4-5-16(22)15(18)13-23/h2-8,14H,9-12H2,1H3,(H,24,25,28). The van der Waals surface area contributed by atoms with Crippen LogP contribution in [-0.2, 0) is 4.79 Å². The Hall–Kier alpha value is -3.02. The third-order valence-corrected chi connectivity index (χ3v) is 6.16. The van der Waals surface area contributed by atoms with Gasteiger partial charge in [0.05, 0.1) is 21.9 Å². The number of hydrogen-bond acceptors (Lipinski definition) is 6. The highest BCUT2D eigenvalue weighted by atomic mass is 32.1. The number of aromatic nitrogens is 1. The van der Waals surface area contributed by atoms with Crippen molar-refractivity contribution in [1.82, 2.24) is 9.88 Å². The summed E-state index contributed by atoms with van der Waals surface area (Å²) >= 11 is 1.46. The maximum Gasteiger partial charge on any atom is 0.243 e. The summed E-state index contributed by atoms with van der Waals surface area (Å²) in [5, 5.41) is 12.8. The number of anilines is 2. The smallest absolute Gasteiger partial charge is 0.243 e. The number of hydrogen-bond donors (Lipinski definition) is 1. The van der Waals surface area contributed by atoms with Crippen LogP contribution in [0.4, 0.5) is 15.2 Å². The predicted molar refractivity (Wildman–Crippen MR) is 113 cm³/mol. The van der Waals surface area contributed by atoms with Gasteiger partial charge in [-0.2, -0.15) is 5.26 Å². The first-order chi connectivity index (χ1) is 14.1. The highest BCUT2D eigenvalue weighted by Crippen LogP contribution is 2.26. The second-order valence-corrected chi connectivity index (χ2v) is 7.95. The number of thiazole rings is 1. The molecule has 8 heteroatoms. The SMILES string of the molecule is CC(C(=O)Nc1nc2ccccc2s1)N1CCN(c2cccc(F)c2C#N)CC1. The molecule has 1 unspecified atom stereocenters. The molecule has 1 N–H and O–H groups in total. The summed E-state index contributed by atoms with van der Waals surface area (Å²) < 4.78 is 14.9. The van der Waals surface area contributed by atoms with Crippen molar-refractivity contribution in [3.8, 4) is 6.07 Å². The molecule has 29 heavy (non-hydrogen) atoms. The summed E-state index contributed by atoms with van der Waals surface area (Å²) in [6, 6.07) is 14.1. The summed E-state index contributed by atoms with van der Waals surface area (Å²) in [6.45, 7) is 4.42. The van der Waals surface area contributed by atoms with Crippen molar-refractivity contribution in [3.63, 3.8) is 0 Å². The van der Waals surface area contributed by atoms with E-state index in [1.54, 1.807) is 12.1 Å². The van der Waals surface area contributed by atoms with Crippen LogP contribution in [0.15, 0.2) is 42.5 Å². The third-order valence-electron chi connectivity index (χ3n) is 5.21. The highest BCUT2D eigenvalue weighted by Gasteiger charge is 2.27. The van der Waals surface area contributed by atoms with Gasteiger partial charge in [-0.25, -0.2) is 9.37 Å². The number of fused-ring (bicyclic) bond motifs is 1. The minimum atomic E-state index is -0.504. The zero-order valence-corrected chi connectivity index (χ0v) is 16.7. The quantitative estimate of drug-likeness (QED) is 0.715. The number of amides is 1. The van der Waals surface area contributed by atoms with Gasteiger partial charge in [-0.1, -0.05) is 29.5 Å². The second-order valence-electron chi connectivity index (χ2n) is 6.92. The number of benzene rings is 2. The summed E-state index contributed by atoms with van der Waals surface area (Å²) in [4.78, 5) is 21.2. The van der Waals surface area contributed by atoms with Crippen LogP contribution in [0, 0.1) is 17.1 Å². The molecule has 6 nitrogen and oxygen atoms in total. The van der Waals surface area contributed by atoms with Crippen LogP contribution in [0.2, 0.25) is 0 Å². The molecule has 1 aromatic heterocycles. The average molecular weight is 409 g/mol. The molecule has 0 saturated carbocycles. The number of piperazine rings is 1. The first-order valence-corrected chi connectivity index (χ1v) is 10.2. The minimum Gasteiger partial charge on any atom is -0.368 e. The lowest BCUT2D eigenvalue weighted by Crippen LogP contribution is -2.53. The van der Waals surface area contributed by atoms with Gasteiger partial charge in [0.1, 0.15) is 17.4 Å².